The van der Waals surface area contributed by atoms with Crippen LogP contribution in [0.2, 0.25) is 0 Å². The fourth-order valence-corrected chi connectivity index (χ4v) is 3.08. The first-order valence-electron chi connectivity index (χ1n) is 5.45. The number of hydrogen-bond acceptors (Lipinski definition) is 6. The van der Waals surface area contributed by atoms with E-state index in [2.05, 4.69) is 14.5 Å². The zero-order chi connectivity index (χ0) is 14.7. The quantitative estimate of drug-likeness (QED) is 0.550. The molecule has 0 radical (unpaired) electrons. The Morgan fingerprint density at radius 1 is 1.37 bits per heavy atom. The number of aromatic nitrogens is 2. The summed E-state index contributed by atoms with van der Waals surface area (Å²) in [6, 6.07) is 0. The third-order valence-electron chi connectivity index (χ3n) is 2.34. The first-order chi connectivity index (χ1) is 8.72. The zero-order valence-corrected chi connectivity index (χ0v) is 12.3. The Kier molecular flexibility index (Phi) is 4.90. The molecule has 0 aliphatic carbocycles. The molecule has 9 nitrogen and oxygen atoms in total. The molecule has 0 aromatic carbocycles. The van der Waals surface area contributed by atoms with E-state index in [1.165, 1.54) is 17.9 Å². The maximum atomic E-state index is 11.9. The van der Waals surface area contributed by atoms with Crippen LogP contribution in [-0.4, -0.2) is 46.0 Å². The fraction of sp³-hybridized carbons (Fsp3) is 0.625. The summed E-state index contributed by atoms with van der Waals surface area (Å²) < 4.78 is 51.7. The first-order valence-corrected chi connectivity index (χ1v) is 8.59. The van der Waals surface area contributed by atoms with Crippen LogP contribution in [0.25, 0.3) is 0 Å². The molecule has 0 fully saturated rings. The third-order valence-corrected chi connectivity index (χ3v) is 5.18. The van der Waals surface area contributed by atoms with Crippen molar-refractivity contribution in [3.05, 3.63) is 6.20 Å². The minimum atomic E-state index is -3.86. The Bertz CT molecular complexity index is 634. The standard InChI is InChI=1S/C8H17N5O4S2/c1-3-13-6-7(8(9)12-13)19(16,17)11-4-5-18(14,15)10-2/h6,10-11H,3-5H2,1-2H3,(H2,9,12). The highest BCUT2D eigenvalue weighted by atomic mass is 32.2. The SMILES string of the molecule is CCn1cc(S(=O)(=O)NCCS(=O)(=O)NC)c(N)n1. The van der Waals surface area contributed by atoms with E-state index < -0.39 is 20.0 Å². The summed E-state index contributed by atoms with van der Waals surface area (Å²) in [6.45, 7) is 2.02. The lowest BCUT2D eigenvalue weighted by Gasteiger charge is -2.05. The summed E-state index contributed by atoms with van der Waals surface area (Å²) in [4.78, 5) is -0.156. The normalized spacial score (nSPS) is 12.7. The van der Waals surface area contributed by atoms with Crippen LogP contribution in [0.5, 0.6) is 0 Å². The van der Waals surface area contributed by atoms with Gasteiger partial charge in [0.15, 0.2) is 5.82 Å². The summed E-state index contributed by atoms with van der Waals surface area (Å²) in [5, 5.41) is 3.81. The van der Waals surface area contributed by atoms with Gasteiger partial charge in [0, 0.05) is 19.3 Å². The Balaban J connectivity index is 2.79. The average molecular weight is 311 g/mol. The van der Waals surface area contributed by atoms with Gasteiger partial charge >= 0.3 is 0 Å². The lowest BCUT2D eigenvalue weighted by Crippen LogP contribution is -2.33. The van der Waals surface area contributed by atoms with Gasteiger partial charge in [0.05, 0.1) is 5.75 Å². The van der Waals surface area contributed by atoms with E-state index in [0.29, 0.717) is 6.54 Å². The van der Waals surface area contributed by atoms with Gasteiger partial charge in [-0.3, -0.25) is 4.68 Å². The van der Waals surface area contributed by atoms with Gasteiger partial charge in [-0.25, -0.2) is 26.3 Å². The second-order valence-corrected chi connectivity index (χ2v) is 7.44. The van der Waals surface area contributed by atoms with Gasteiger partial charge in [-0.2, -0.15) is 5.10 Å². The van der Waals surface area contributed by atoms with Crippen LogP contribution in [0.15, 0.2) is 11.1 Å². The summed E-state index contributed by atoms with van der Waals surface area (Å²) in [6.07, 6.45) is 1.30. The molecular weight excluding hydrogens is 294 g/mol. The monoisotopic (exact) mass is 311 g/mol. The fourth-order valence-electron chi connectivity index (χ4n) is 1.28. The molecule has 0 bridgehead atoms. The van der Waals surface area contributed by atoms with Crippen LogP contribution in [0.3, 0.4) is 0 Å². The van der Waals surface area contributed by atoms with Gasteiger partial charge in [0.2, 0.25) is 20.0 Å². The van der Waals surface area contributed by atoms with Gasteiger partial charge in [-0.1, -0.05) is 0 Å². The third kappa shape index (κ3) is 4.16. The van der Waals surface area contributed by atoms with Gasteiger partial charge in [-0.05, 0) is 14.0 Å². The van der Waals surface area contributed by atoms with E-state index in [-0.39, 0.29) is 23.0 Å². The average Bonchev–Trinajstić information content (AvgIpc) is 2.71. The molecule has 0 amide bonds. The van der Waals surface area contributed by atoms with Crippen LogP contribution in [0, 0.1) is 0 Å². The van der Waals surface area contributed by atoms with Crippen molar-refractivity contribution >= 4 is 25.9 Å². The molecular formula is C8H17N5O4S2. The summed E-state index contributed by atoms with van der Waals surface area (Å²) in [5.74, 6) is -0.476. The second kappa shape index (κ2) is 5.86. The molecule has 4 N–H and O–H groups in total. The predicted octanol–water partition coefficient (Wildman–Crippen LogP) is -1.69. The van der Waals surface area contributed by atoms with Crippen LogP contribution in [-0.2, 0) is 26.6 Å². The highest BCUT2D eigenvalue weighted by Crippen LogP contribution is 2.15. The van der Waals surface area contributed by atoms with Crippen molar-refractivity contribution < 1.29 is 16.8 Å². The molecule has 1 aromatic rings. The number of anilines is 1. The summed E-state index contributed by atoms with van der Waals surface area (Å²) >= 11 is 0. The van der Waals surface area contributed by atoms with Crippen molar-refractivity contribution in [2.24, 2.45) is 0 Å². The van der Waals surface area contributed by atoms with Crippen LogP contribution in [0.1, 0.15) is 6.92 Å². The summed E-state index contributed by atoms with van der Waals surface area (Å²) in [5.41, 5.74) is 5.51. The highest BCUT2D eigenvalue weighted by molar-refractivity contribution is 7.90. The van der Waals surface area contributed by atoms with E-state index in [1.54, 1.807) is 6.92 Å². The molecule has 0 unspecified atom stereocenters. The summed E-state index contributed by atoms with van der Waals surface area (Å²) in [7, 11) is -6.07. The Morgan fingerprint density at radius 2 is 2.00 bits per heavy atom. The maximum Gasteiger partial charge on any atom is 0.245 e. The number of nitrogen functional groups attached to an aromatic ring is 1. The molecule has 1 rings (SSSR count). The Labute approximate surface area is 112 Å². The highest BCUT2D eigenvalue weighted by Gasteiger charge is 2.21. The minimum Gasteiger partial charge on any atom is -0.381 e. The smallest absolute Gasteiger partial charge is 0.245 e. The molecule has 0 saturated carbocycles. The van der Waals surface area contributed by atoms with Crippen molar-refractivity contribution in [2.45, 2.75) is 18.4 Å². The second-order valence-electron chi connectivity index (χ2n) is 3.66. The van der Waals surface area contributed by atoms with Gasteiger partial charge in [-0.15, -0.1) is 0 Å². The molecule has 19 heavy (non-hydrogen) atoms. The Morgan fingerprint density at radius 3 is 2.47 bits per heavy atom. The van der Waals surface area contributed by atoms with Gasteiger partial charge in [0.1, 0.15) is 4.90 Å². The zero-order valence-electron chi connectivity index (χ0n) is 10.6. The van der Waals surface area contributed by atoms with Gasteiger partial charge < -0.3 is 5.73 Å². The number of nitrogens with two attached hydrogens (primary N) is 1. The number of aryl methyl sites for hydroxylation is 1. The topological polar surface area (TPSA) is 136 Å². The van der Waals surface area contributed by atoms with Crippen LogP contribution in [0.4, 0.5) is 5.82 Å². The predicted molar refractivity (Wildman–Crippen MR) is 70.3 cm³/mol. The number of sulfonamides is 2. The molecule has 0 spiro atoms. The minimum absolute atomic E-state index is 0.120. The van der Waals surface area contributed by atoms with E-state index in [0.717, 1.165) is 0 Å². The largest absolute Gasteiger partial charge is 0.381 e. The maximum absolute atomic E-state index is 11.9. The van der Waals surface area contributed by atoms with E-state index >= 15 is 0 Å². The number of nitrogens with one attached hydrogen (secondary N) is 2. The molecule has 0 aliphatic rings. The van der Waals surface area contributed by atoms with Crippen LogP contribution < -0.4 is 15.2 Å². The molecule has 0 atom stereocenters. The van der Waals surface area contributed by atoms with Crippen molar-refractivity contribution in [3.63, 3.8) is 0 Å². The van der Waals surface area contributed by atoms with Crippen molar-refractivity contribution in [3.8, 4) is 0 Å². The molecule has 1 aromatic heterocycles. The molecule has 1 heterocycles. The van der Waals surface area contributed by atoms with E-state index in [4.69, 9.17) is 5.73 Å². The van der Waals surface area contributed by atoms with E-state index in [1.807, 2.05) is 0 Å². The van der Waals surface area contributed by atoms with Gasteiger partial charge in [0.25, 0.3) is 0 Å². The lowest BCUT2D eigenvalue weighted by molar-refractivity contribution is 0.578. The number of rotatable bonds is 7. The lowest BCUT2D eigenvalue weighted by atomic mass is 10.6. The van der Waals surface area contributed by atoms with Crippen LogP contribution >= 0.6 is 0 Å². The molecule has 0 aliphatic heterocycles. The van der Waals surface area contributed by atoms with Crippen molar-refractivity contribution in [1.29, 1.82) is 0 Å². The number of hydrogen-bond donors (Lipinski definition) is 3. The number of nitrogens with zero attached hydrogens (tertiary/aromatic N) is 2. The first kappa shape index (κ1) is 15.9. The van der Waals surface area contributed by atoms with Crippen molar-refractivity contribution in [1.82, 2.24) is 19.2 Å². The Hall–Kier alpha value is -1.17. The molecule has 0 saturated heterocycles. The van der Waals surface area contributed by atoms with Crippen molar-refractivity contribution in [2.75, 3.05) is 25.1 Å². The molecule has 110 valence electrons. The van der Waals surface area contributed by atoms with E-state index in [9.17, 15) is 16.8 Å². The molecule has 11 heteroatoms.